The first kappa shape index (κ1) is 13.8. The van der Waals surface area contributed by atoms with Crippen molar-refractivity contribution in [3.63, 3.8) is 0 Å². The molecule has 5 nitrogen and oxygen atoms in total. The second kappa shape index (κ2) is 4.84. The molecule has 0 aliphatic carbocycles. The minimum Gasteiger partial charge on any atom is -0.480 e. The number of fused-ring (bicyclic) bond motifs is 4. The molecule has 0 saturated heterocycles. The highest BCUT2D eigenvalue weighted by Crippen LogP contribution is 2.50. The first-order valence-electron chi connectivity index (χ1n) is 7.41. The number of hydrogen-bond acceptors (Lipinski definition) is 4. The van der Waals surface area contributed by atoms with Gasteiger partial charge >= 0.3 is 0 Å². The van der Waals surface area contributed by atoms with Crippen molar-refractivity contribution in [2.45, 2.75) is 5.54 Å². The fourth-order valence-electron chi connectivity index (χ4n) is 3.11. The molecule has 4 rings (SSSR count). The normalized spacial score (nSPS) is 20.4. The Morgan fingerprint density at radius 2 is 1.91 bits per heavy atom. The fourth-order valence-corrected chi connectivity index (χ4v) is 3.11. The molecule has 0 bridgehead atoms. The minimum absolute atomic E-state index is 0.0512. The summed E-state index contributed by atoms with van der Waals surface area (Å²) >= 11 is 0. The van der Waals surface area contributed by atoms with Crippen LogP contribution in [0.2, 0.25) is 0 Å². The van der Waals surface area contributed by atoms with Crippen molar-refractivity contribution in [1.82, 2.24) is 4.90 Å². The van der Waals surface area contributed by atoms with Crippen molar-refractivity contribution >= 4 is 12.3 Å². The average Bonchev–Trinajstić information content (AvgIpc) is 3.05. The summed E-state index contributed by atoms with van der Waals surface area (Å²) in [5.41, 5.74) is 1.78. The minimum atomic E-state index is -0.646. The lowest BCUT2D eigenvalue weighted by Crippen LogP contribution is -2.31. The molecule has 2 heterocycles. The van der Waals surface area contributed by atoms with E-state index in [9.17, 15) is 4.79 Å². The van der Waals surface area contributed by atoms with Crippen LogP contribution in [-0.2, 0) is 10.3 Å². The summed E-state index contributed by atoms with van der Waals surface area (Å²) in [7, 11) is 3.47. The number of ether oxygens (including phenoxy) is 2. The van der Waals surface area contributed by atoms with Gasteiger partial charge in [-0.25, -0.2) is 4.99 Å². The molecule has 0 N–H and O–H groups in total. The Morgan fingerprint density at radius 1 is 1.13 bits per heavy atom. The number of amides is 1. The van der Waals surface area contributed by atoms with E-state index in [0.29, 0.717) is 17.9 Å². The third-order valence-corrected chi connectivity index (χ3v) is 4.27. The molecule has 116 valence electrons. The highest BCUT2D eigenvalue weighted by Gasteiger charge is 2.45. The zero-order valence-corrected chi connectivity index (χ0v) is 12.9. The molecule has 1 spiro atoms. The molecule has 0 radical (unpaired) electrons. The van der Waals surface area contributed by atoms with Gasteiger partial charge in [0.2, 0.25) is 0 Å². The SMILES string of the molecule is CN(C)C(=O)c1ccc2c(c1)C1(COC=N1)c1ccccc1O2. The van der Waals surface area contributed by atoms with Gasteiger partial charge in [0.1, 0.15) is 18.1 Å². The van der Waals surface area contributed by atoms with Gasteiger partial charge in [-0.3, -0.25) is 4.79 Å². The number of carbonyl (C=O) groups is 1. The van der Waals surface area contributed by atoms with Gasteiger partial charge in [0.15, 0.2) is 11.9 Å². The molecule has 2 aromatic rings. The Bertz CT molecular complexity index is 829. The van der Waals surface area contributed by atoms with Crippen LogP contribution in [-0.4, -0.2) is 37.9 Å². The van der Waals surface area contributed by atoms with Gasteiger partial charge in [-0.05, 0) is 24.3 Å². The largest absolute Gasteiger partial charge is 0.480 e. The molecule has 0 fully saturated rings. The van der Waals surface area contributed by atoms with Crippen LogP contribution in [0.3, 0.4) is 0 Å². The molecule has 23 heavy (non-hydrogen) atoms. The van der Waals surface area contributed by atoms with E-state index in [4.69, 9.17) is 9.47 Å². The van der Waals surface area contributed by atoms with Crippen molar-refractivity contribution < 1.29 is 14.3 Å². The van der Waals surface area contributed by atoms with Gasteiger partial charge in [-0.2, -0.15) is 0 Å². The van der Waals surface area contributed by atoms with Gasteiger partial charge in [0, 0.05) is 30.8 Å². The molecule has 2 aliphatic heterocycles. The number of hydrogen-bond donors (Lipinski definition) is 0. The summed E-state index contributed by atoms with van der Waals surface area (Å²) in [6.07, 6.45) is 1.48. The predicted molar refractivity (Wildman–Crippen MR) is 86.2 cm³/mol. The van der Waals surface area contributed by atoms with E-state index in [1.54, 1.807) is 25.1 Å². The van der Waals surface area contributed by atoms with Gasteiger partial charge < -0.3 is 14.4 Å². The van der Waals surface area contributed by atoms with Crippen LogP contribution in [0.5, 0.6) is 11.5 Å². The van der Waals surface area contributed by atoms with Gasteiger partial charge in [-0.1, -0.05) is 18.2 Å². The van der Waals surface area contributed by atoms with Crippen LogP contribution in [0.4, 0.5) is 0 Å². The first-order valence-corrected chi connectivity index (χ1v) is 7.41. The smallest absolute Gasteiger partial charge is 0.253 e. The maximum atomic E-state index is 12.3. The Kier molecular flexibility index (Phi) is 2.91. The summed E-state index contributed by atoms with van der Waals surface area (Å²) in [6, 6.07) is 13.3. The number of carbonyl (C=O) groups excluding carboxylic acids is 1. The Morgan fingerprint density at radius 3 is 2.65 bits per heavy atom. The first-order chi connectivity index (χ1) is 11.1. The highest BCUT2D eigenvalue weighted by atomic mass is 16.5. The van der Waals surface area contributed by atoms with E-state index in [1.165, 1.54) is 6.40 Å². The number of aliphatic imine (C=N–C) groups is 1. The predicted octanol–water partition coefficient (Wildman–Crippen LogP) is 2.80. The van der Waals surface area contributed by atoms with Crippen LogP contribution in [0.1, 0.15) is 21.5 Å². The van der Waals surface area contributed by atoms with Gasteiger partial charge in [0.05, 0.1) is 0 Å². The van der Waals surface area contributed by atoms with Crippen LogP contribution < -0.4 is 4.74 Å². The molecule has 0 aromatic heterocycles. The summed E-state index contributed by atoms with van der Waals surface area (Å²) in [5.74, 6) is 1.43. The number of rotatable bonds is 1. The molecule has 5 heteroatoms. The molecule has 2 aliphatic rings. The van der Waals surface area contributed by atoms with E-state index in [-0.39, 0.29) is 5.91 Å². The number of benzene rings is 2. The zero-order valence-electron chi connectivity index (χ0n) is 12.9. The Hall–Kier alpha value is -2.82. The molecule has 1 amide bonds. The molecule has 1 unspecified atom stereocenters. The van der Waals surface area contributed by atoms with E-state index in [1.807, 2.05) is 36.4 Å². The van der Waals surface area contributed by atoms with E-state index >= 15 is 0 Å². The van der Waals surface area contributed by atoms with Crippen molar-refractivity contribution in [1.29, 1.82) is 0 Å². The average molecular weight is 308 g/mol. The summed E-state index contributed by atoms with van der Waals surface area (Å²) in [5, 5.41) is 0. The van der Waals surface area contributed by atoms with Crippen molar-refractivity contribution in [2.24, 2.45) is 4.99 Å². The molecular weight excluding hydrogens is 292 g/mol. The van der Waals surface area contributed by atoms with E-state index in [0.717, 1.165) is 16.9 Å². The third kappa shape index (κ3) is 1.93. The molecule has 1 atom stereocenters. The maximum Gasteiger partial charge on any atom is 0.253 e. The third-order valence-electron chi connectivity index (χ3n) is 4.27. The lowest BCUT2D eigenvalue weighted by molar-refractivity contribution is 0.0827. The highest BCUT2D eigenvalue weighted by molar-refractivity contribution is 5.94. The second-order valence-electron chi connectivity index (χ2n) is 5.91. The van der Waals surface area contributed by atoms with Crippen LogP contribution in [0.15, 0.2) is 47.5 Å². The van der Waals surface area contributed by atoms with Crippen molar-refractivity contribution in [3.05, 3.63) is 59.2 Å². The lowest BCUT2D eigenvalue weighted by Gasteiger charge is -2.33. The van der Waals surface area contributed by atoms with E-state index in [2.05, 4.69) is 4.99 Å². The molecule has 2 aromatic carbocycles. The monoisotopic (exact) mass is 308 g/mol. The Balaban J connectivity index is 1.93. The van der Waals surface area contributed by atoms with Crippen molar-refractivity contribution in [3.8, 4) is 11.5 Å². The standard InChI is InChI=1S/C18H16N2O3/c1-20(2)17(21)12-7-8-16-14(9-12)18(10-22-11-19-18)13-5-3-4-6-15(13)23-16/h3-9,11H,10H2,1-2H3. The van der Waals surface area contributed by atoms with E-state index < -0.39 is 5.54 Å². The van der Waals surface area contributed by atoms with Crippen LogP contribution >= 0.6 is 0 Å². The number of nitrogens with zero attached hydrogens (tertiary/aromatic N) is 2. The molecule has 0 saturated carbocycles. The quantitative estimate of drug-likeness (QED) is 0.814. The van der Waals surface area contributed by atoms with Crippen LogP contribution in [0, 0.1) is 0 Å². The van der Waals surface area contributed by atoms with Gasteiger partial charge in [0.25, 0.3) is 5.91 Å². The molecular formula is C18H16N2O3. The zero-order chi connectivity index (χ0) is 16.0. The van der Waals surface area contributed by atoms with Gasteiger partial charge in [-0.15, -0.1) is 0 Å². The number of para-hydroxylation sites is 1. The Labute approximate surface area is 134 Å². The summed E-state index contributed by atoms with van der Waals surface area (Å²) in [6.45, 7) is 0.403. The second-order valence-corrected chi connectivity index (χ2v) is 5.91. The topological polar surface area (TPSA) is 51.1 Å². The fraction of sp³-hybridized carbons (Fsp3) is 0.222. The van der Waals surface area contributed by atoms with Crippen LogP contribution in [0.25, 0.3) is 0 Å². The van der Waals surface area contributed by atoms with Crippen molar-refractivity contribution in [2.75, 3.05) is 20.7 Å². The maximum absolute atomic E-state index is 12.3. The lowest BCUT2D eigenvalue weighted by atomic mass is 9.81. The summed E-state index contributed by atoms with van der Waals surface area (Å²) < 4.78 is 11.5. The summed E-state index contributed by atoms with van der Waals surface area (Å²) in [4.78, 5) is 18.5.